The third-order valence-electron chi connectivity index (χ3n) is 2.89. The monoisotopic (exact) mass is 274 g/mol. The molecule has 1 N–H and O–H groups in total. The van der Waals surface area contributed by atoms with Crippen molar-refractivity contribution in [2.45, 2.75) is 19.9 Å². The molecule has 2 aromatic rings. The number of benzene rings is 1. The number of amides is 1. The molecule has 0 atom stereocenters. The number of carbonyl (C=O) groups is 1. The fourth-order valence-electron chi connectivity index (χ4n) is 1.98. The van der Waals surface area contributed by atoms with Gasteiger partial charge in [0.2, 0.25) is 0 Å². The fraction of sp³-hybridized carbons (Fsp3) is 0.333. The number of ether oxygens (including phenoxy) is 1. The molecular formula is C15H18N2O3. The van der Waals surface area contributed by atoms with Crippen LogP contribution in [0, 0.1) is 0 Å². The standard InChI is InChI=1S/C15H18N2O3/c1-10(2)16-14(18)9-20-13-6-4-5-12-11(13)7-8-17(3)15(12)19/h4-8,10H,9H2,1-3H3,(H,16,18). The normalized spacial score (nSPS) is 10.8. The molecule has 1 amide bonds. The number of hydrogen-bond acceptors (Lipinski definition) is 3. The molecule has 5 nitrogen and oxygen atoms in total. The Kier molecular flexibility index (Phi) is 4.08. The van der Waals surface area contributed by atoms with Crippen molar-refractivity contribution in [2.24, 2.45) is 7.05 Å². The van der Waals surface area contributed by atoms with Gasteiger partial charge in [-0.05, 0) is 32.0 Å². The van der Waals surface area contributed by atoms with Crippen molar-refractivity contribution in [2.75, 3.05) is 6.61 Å². The number of aryl methyl sites for hydroxylation is 1. The molecule has 0 bridgehead atoms. The van der Waals surface area contributed by atoms with Gasteiger partial charge in [-0.2, -0.15) is 0 Å². The fourth-order valence-corrected chi connectivity index (χ4v) is 1.98. The second kappa shape index (κ2) is 5.77. The maximum atomic E-state index is 12.0. The third-order valence-corrected chi connectivity index (χ3v) is 2.89. The summed E-state index contributed by atoms with van der Waals surface area (Å²) >= 11 is 0. The van der Waals surface area contributed by atoms with E-state index in [1.807, 2.05) is 19.9 Å². The third kappa shape index (κ3) is 2.99. The van der Waals surface area contributed by atoms with Crippen molar-refractivity contribution < 1.29 is 9.53 Å². The SMILES string of the molecule is CC(C)NC(=O)COc1cccc2c(=O)n(C)ccc12. The van der Waals surface area contributed by atoms with E-state index in [-0.39, 0.29) is 24.1 Å². The van der Waals surface area contributed by atoms with Crippen LogP contribution in [-0.4, -0.2) is 23.1 Å². The van der Waals surface area contributed by atoms with Crippen molar-refractivity contribution in [1.82, 2.24) is 9.88 Å². The van der Waals surface area contributed by atoms with E-state index in [4.69, 9.17) is 4.74 Å². The molecule has 2 rings (SSSR count). The summed E-state index contributed by atoms with van der Waals surface area (Å²) in [5, 5.41) is 4.05. The highest BCUT2D eigenvalue weighted by Gasteiger charge is 2.08. The second-order valence-corrected chi connectivity index (χ2v) is 4.96. The van der Waals surface area contributed by atoms with Gasteiger partial charge in [-0.15, -0.1) is 0 Å². The van der Waals surface area contributed by atoms with Crippen LogP contribution in [0.3, 0.4) is 0 Å². The van der Waals surface area contributed by atoms with Gasteiger partial charge in [0, 0.05) is 24.7 Å². The summed E-state index contributed by atoms with van der Waals surface area (Å²) in [7, 11) is 1.70. The number of aromatic nitrogens is 1. The van der Waals surface area contributed by atoms with Gasteiger partial charge < -0.3 is 14.6 Å². The smallest absolute Gasteiger partial charge is 0.258 e. The summed E-state index contributed by atoms with van der Waals surface area (Å²) in [6.07, 6.45) is 1.69. The van der Waals surface area contributed by atoms with E-state index < -0.39 is 0 Å². The van der Waals surface area contributed by atoms with Gasteiger partial charge in [-0.3, -0.25) is 9.59 Å². The summed E-state index contributed by atoms with van der Waals surface area (Å²) in [4.78, 5) is 23.6. The van der Waals surface area contributed by atoms with E-state index in [1.54, 1.807) is 31.4 Å². The first-order valence-electron chi connectivity index (χ1n) is 6.49. The highest BCUT2D eigenvalue weighted by Crippen LogP contribution is 2.22. The lowest BCUT2D eigenvalue weighted by atomic mass is 10.1. The summed E-state index contributed by atoms with van der Waals surface area (Å²) < 4.78 is 7.03. The number of nitrogens with one attached hydrogen (secondary N) is 1. The van der Waals surface area contributed by atoms with Gasteiger partial charge in [-0.1, -0.05) is 6.07 Å². The van der Waals surface area contributed by atoms with Crippen LogP contribution >= 0.6 is 0 Å². The predicted molar refractivity (Wildman–Crippen MR) is 78.0 cm³/mol. The number of pyridine rings is 1. The Bertz CT molecular complexity index is 689. The van der Waals surface area contributed by atoms with E-state index in [2.05, 4.69) is 5.32 Å². The molecule has 106 valence electrons. The molecule has 0 fully saturated rings. The van der Waals surface area contributed by atoms with Crippen molar-refractivity contribution >= 4 is 16.7 Å². The highest BCUT2D eigenvalue weighted by atomic mass is 16.5. The van der Waals surface area contributed by atoms with E-state index >= 15 is 0 Å². The second-order valence-electron chi connectivity index (χ2n) is 4.96. The quantitative estimate of drug-likeness (QED) is 0.917. The Labute approximate surface area is 117 Å². The van der Waals surface area contributed by atoms with Gasteiger partial charge in [0.25, 0.3) is 11.5 Å². The molecule has 1 aromatic heterocycles. The number of rotatable bonds is 4. The average molecular weight is 274 g/mol. The minimum absolute atomic E-state index is 0.0630. The van der Waals surface area contributed by atoms with Crippen LogP contribution in [0.5, 0.6) is 5.75 Å². The van der Waals surface area contributed by atoms with Crippen LogP contribution in [0.1, 0.15) is 13.8 Å². The lowest BCUT2D eigenvalue weighted by Gasteiger charge is -2.11. The molecule has 1 aromatic carbocycles. The molecule has 20 heavy (non-hydrogen) atoms. The minimum atomic E-state index is -0.180. The first-order chi connectivity index (χ1) is 9.49. The number of hydrogen-bond donors (Lipinski definition) is 1. The van der Waals surface area contributed by atoms with Crippen LogP contribution in [0.2, 0.25) is 0 Å². The Hall–Kier alpha value is -2.30. The van der Waals surface area contributed by atoms with Crippen LogP contribution < -0.4 is 15.6 Å². The Morgan fingerprint density at radius 3 is 2.75 bits per heavy atom. The van der Waals surface area contributed by atoms with Crippen LogP contribution in [-0.2, 0) is 11.8 Å². The van der Waals surface area contributed by atoms with E-state index in [0.29, 0.717) is 16.5 Å². The molecule has 0 radical (unpaired) electrons. The highest BCUT2D eigenvalue weighted by molar-refractivity contribution is 5.88. The molecule has 0 aliphatic carbocycles. The summed E-state index contributed by atoms with van der Waals surface area (Å²) in [5.41, 5.74) is -0.0837. The van der Waals surface area contributed by atoms with E-state index in [9.17, 15) is 9.59 Å². The van der Waals surface area contributed by atoms with E-state index in [1.165, 1.54) is 4.57 Å². The van der Waals surface area contributed by atoms with Gasteiger partial charge in [-0.25, -0.2) is 0 Å². The van der Waals surface area contributed by atoms with E-state index in [0.717, 1.165) is 0 Å². The maximum absolute atomic E-state index is 12.0. The molecule has 0 spiro atoms. The Morgan fingerprint density at radius 2 is 2.05 bits per heavy atom. The minimum Gasteiger partial charge on any atom is -0.483 e. The van der Waals surface area contributed by atoms with Crippen molar-refractivity contribution in [3.8, 4) is 5.75 Å². The van der Waals surface area contributed by atoms with Gasteiger partial charge >= 0.3 is 0 Å². The van der Waals surface area contributed by atoms with Crippen molar-refractivity contribution in [3.63, 3.8) is 0 Å². The topological polar surface area (TPSA) is 60.3 Å². The summed E-state index contributed by atoms with van der Waals surface area (Å²) in [6, 6.07) is 7.14. The zero-order valence-corrected chi connectivity index (χ0v) is 11.8. The molecule has 0 saturated carbocycles. The zero-order chi connectivity index (χ0) is 14.7. The van der Waals surface area contributed by atoms with Crippen LogP contribution in [0.15, 0.2) is 35.3 Å². The van der Waals surface area contributed by atoms with Gasteiger partial charge in [0.15, 0.2) is 6.61 Å². The predicted octanol–water partition coefficient (Wildman–Crippen LogP) is 1.44. The summed E-state index contributed by atoms with van der Waals surface area (Å²) in [6.45, 7) is 3.71. The Balaban J connectivity index is 2.25. The molecule has 0 saturated heterocycles. The number of carbonyl (C=O) groups excluding carboxylic acids is 1. The molecular weight excluding hydrogens is 256 g/mol. The van der Waals surface area contributed by atoms with Crippen molar-refractivity contribution in [1.29, 1.82) is 0 Å². The first kappa shape index (κ1) is 14.1. The molecule has 0 unspecified atom stereocenters. The summed E-state index contributed by atoms with van der Waals surface area (Å²) in [5.74, 6) is 0.361. The van der Waals surface area contributed by atoms with Crippen molar-refractivity contribution in [3.05, 3.63) is 40.8 Å². The maximum Gasteiger partial charge on any atom is 0.258 e. The van der Waals surface area contributed by atoms with Gasteiger partial charge in [0.05, 0.1) is 5.39 Å². The van der Waals surface area contributed by atoms with Crippen LogP contribution in [0.4, 0.5) is 0 Å². The average Bonchev–Trinajstić information content (AvgIpc) is 2.40. The number of nitrogens with zero attached hydrogens (tertiary/aromatic N) is 1. The largest absolute Gasteiger partial charge is 0.483 e. The lowest BCUT2D eigenvalue weighted by Crippen LogP contribution is -2.34. The Morgan fingerprint density at radius 1 is 1.30 bits per heavy atom. The first-order valence-corrected chi connectivity index (χ1v) is 6.49. The molecule has 5 heteroatoms. The molecule has 0 aliphatic rings. The zero-order valence-electron chi connectivity index (χ0n) is 11.8. The number of fused-ring (bicyclic) bond motifs is 1. The lowest BCUT2D eigenvalue weighted by molar-refractivity contribution is -0.123. The molecule has 1 heterocycles. The molecule has 0 aliphatic heterocycles. The van der Waals surface area contributed by atoms with Crippen LogP contribution in [0.25, 0.3) is 10.8 Å². The van der Waals surface area contributed by atoms with Gasteiger partial charge in [0.1, 0.15) is 5.75 Å².